The smallest absolute Gasteiger partial charge is 0.301 e. The van der Waals surface area contributed by atoms with Gasteiger partial charge in [0.1, 0.15) is 0 Å². The maximum absolute atomic E-state index is 12.1. The molecule has 0 amide bonds. The molecule has 7 nitrogen and oxygen atoms in total. The Kier molecular flexibility index (Phi) is 3.88. The predicted octanol–water partition coefficient (Wildman–Crippen LogP) is 0.0259. The SMILES string of the molecule is CC(C)n1cc(NS(=O)(=O)N2CCNCC2)cn1. The van der Waals surface area contributed by atoms with E-state index in [0.29, 0.717) is 31.9 Å². The first-order valence-electron chi connectivity index (χ1n) is 6.02. The summed E-state index contributed by atoms with van der Waals surface area (Å²) in [4.78, 5) is 0. The summed E-state index contributed by atoms with van der Waals surface area (Å²) < 4.78 is 29.9. The fourth-order valence-corrected chi connectivity index (χ4v) is 2.97. The van der Waals surface area contributed by atoms with Crippen molar-refractivity contribution in [3.8, 4) is 0 Å². The highest BCUT2D eigenvalue weighted by atomic mass is 32.2. The second-order valence-corrected chi connectivity index (χ2v) is 6.23. The maximum Gasteiger partial charge on any atom is 0.301 e. The van der Waals surface area contributed by atoms with Crippen molar-refractivity contribution in [3.05, 3.63) is 12.4 Å². The van der Waals surface area contributed by atoms with E-state index in [0.717, 1.165) is 0 Å². The zero-order valence-electron chi connectivity index (χ0n) is 10.6. The van der Waals surface area contributed by atoms with E-state index >= 15 is 0 Å². The number of nitrogens with zero attached hydrogens (tertiary/aromatic N) is 3. The van der Waals surface area contributed by atoms with Crippen LogP contribution in [0.1, 0.15) is 19.9 Å². The Bertz CT molecular complexity index is 490. The number of hydrogen-bond acceptors (Lipinski definition) is 4. The zero-order chi connectivity index (χ0) is 13.2. The fourth-order valence-electron chi connectivity index (χ4n) is 1.77. The van der Waals surface area contributed by atoms with Crippen LogP contribution in [0.3, 0.4) is 0 Å². The van der Waals surface area contributed by atoms with E-state index in [1.807, 2.05) is 13.8 Å². The summed E-state index contributed by atoms with van der Waals surface area (Å²) in [6, 6.07) is 0.211. The van der Waals surface area contributed by atoms with Gasteiger partial charge in [-0.1, -0.05) is 0 Å². The van der Waals surface area contributed by atoms with Crippen LogP contribution in [0.2, 0.25) is 0 Å². The number of piperazine rings is 1. The number of rotatable bonds is 4. The molecular weight excluding hydrogens is 254 g/mol. The van der Waals surface area contributed by atoms with Gasteiger partial charge in [-0.15, -0.1) is 0 Å². The monoisotopic (exact) mass is 273 g/mol. The summed E-state index contributed by atoms with van der Waals surface area (Å²) >= 11 is 0. The van der Waals surface area contributed by atoms with Gasteiger partial charge in [0.2, 0.25) is 0 Å². The lowest BCUT2D eigenvalue weighted by molar-refractivity contribution is 0.362. The van der Waals surface area contributed by atoms with Crippen molar-refractivity contribution in [3.63, 3.8) is 0 Å². The largest absolute Gasteiger partial charge is 0.314 e. The lowest BCUT2D eigenvalue weighted by Gasteiger charge is -2.26. The van der Waals surface area contributed by atoms with Crippen molar-refractivity contribution in [1.29, 1.82) is 0 Å². The van der Waals surface area contributed by atoms with Crippen LogP contribution in [0, 0.1) is 0 Å². The van der Waals surface area contributed by atoms with E-state index in [1.54, 1.807) is 10.9 Å². The molecule has 1 aliphatic rings. The molecule has 1 saturated heterocycles. The zero-order valence-corrected chi connectivity index (χ0v) is 11.4. The van der Waals surface area contributed by atoms with Crippen molar-refractivity contribution in [2.45, 2.75) is 19.9 Å². The topological polar surface area (TPSA) is 79.3 Å². The molecule has 0 atom stereocenters. The molecule has 0 aromatic carbocycles. The molecule has 0 bridgehead atoms. The van der Waals surface area contributed by atoms with Crippen LogP contribution in [0.15, 0.2) is 12.4 Å². The molecule has 0 aliphatic carbocycles. The molecule has 1 aromatic heterocycles. The van der Waals surface area contributed by atoms with Gasteiger partial charge in [0.15, 0.2) is 0 Å². The molecule has 2 N–H and O–H groups in total. The lowest BCUT2D eigenvalue weighted by Crippen LogP contribution is -2.48. The molecule has 0 radical (unpaired) electrons. The van der Waals surface area contributed by atoms with Crippen molar-refractivity contribution in [2.75, 3.05) is 30.9 Å². The van der Waals surface area contributed by atoms with Crippen LogP contribution >= 0.6 is 0 Å². The standard InChI is InChI=1S/C10H19N5O2S/c1-9(2)15-8-10(7-12-15)13-18(16,17)14-5-3-11-4-6-14/h7-9,11,13H,3-6H2,1-2H3. The highest BCUT2D eigenvalue weighted by Crippen LogP contribution is 2.13. The molecule has 0 unspecified atom stereocenters. The van der Waals surface area contributed by atoms with Crippen LogP contribution in [0.5, 0.6) is 0 Å². The van der Waals surface area contributed by atoms with Crippen LogP contribution in [-0.2, 0) is 10.2 Å². The Labute approximate surface area is 107 Å². The van der Waals surface area contributed by atoms with Gasteiger partial charge >= 0.3 is 10.2 Å². The number of anilines is 1. The molecule has 18 heavy (non-hydrogen) atoms. The fraction of sp³-hybridized carbons (Fsp3) is 0.700. The predicted molar refractivity (Wildman–Crippen MR) is 69.6 cm³/mol. The highest BCUT2D eigenvalue weighted by molar-refractivity contribution is 7.90. The first-order chi connectivity index (χ1) is 8.49. The second-order valence-electron chi connectivity index (χ2n) is 4.56. The minimum Gasteiger partial charge on any atom is -0.314 e. The van der Waals surface area contributed by atoms with Crippen molar-refractivity contribution in [2.24, 2.45) is 0 Å². The van der Waals surface area contributed by atoms with E-state index in [2.05, 4.69) is 15.1 Å². The van der Waals surface area contributed by atoms with E-state index in [-0.39, 0.29) is 6.04 Å². The first kappa shape index (κ1) is 13.3. The molecular formula is C10H19N5O2S. The van der Waals surface area contributed by atoms with Gasteiger partial charge in [0, 0.05) is 38.4 Å². The summed E-state index contributed by atoms with van der Waals surface area (Å²) in [5.41, 5.74) is 0.502. The van der Waals surface area contributed by atoms with Crippen LogP contribution < -0.4 is 10.0 Å². The molecule has 1 aliphatic heterocycles. The molecule has 1 aromatic rings. The van der Waals surface area contributed by atoms with Gasteiger partial charge in [-0.2, -0.15) is 17.8 Å². The minimum atomic E-state index is -3.46. The average Bonchev–Trinajstić information content (AvgIpc) is 2.78. The number of nitrogens with one attached hydrogen (secondary N) is 2. The van der Waals surface area contributed by atoms with Crippen LogP contribution in [0.4, 0.5) is 5.69 Å². The molecule has 2 rings (SSSR count). The molecule has 102 valence electrons. The summed E-state index contributed by atoms with van der Waals surface area (Å²) in [7, 11) is -3.46. The van der Waals surface area contributed by atoms with Crippen LogP contribution in [-0.4, -0.2) is 48.7 Å². The third-order valence-electron chi connectivity index (χ3n) is 2.79. The van der Waals surface area contributed by atoms with Crippen molar-refractivity contribution in [1.82, 2.24) is 19.4 Å². The van der Waals surface area contributed by atoms with E-state index in [9.17, 15) is 8.42 Å². The normalized spacial score (nSPS) is 18.2. The quantitative estimate of drug-likeness (QED) is 0.811. The van der Waals surface area contributed by atoms with Gasteiger partial charge < -0.3 is 5.32 Å². The number of aromatic nitrogens is 2. The average molecular weight is 273 g/mol. The minimum absolute atomic E-state index is 0.211. The van der Waals surface area contributed by atoms with Gasteiger partial charge in [0.25, 0.3) is 0 Å². The van der Waals surface area contributed by atoms with Gasteiger partial charge in [-0.05, 0) is 13.8 Å². The van der Waals surface area contributed by atoms with Crippen molar-refractivity contribution < 1.29 is 8.42 Å². The summed E-state index contributed by atoms with van der Waals surface area (Å²) in [5.74, 6) is 0. The Morgan fingerprint density at radius 3 is 2.61 bits per heavy atom. The molecule has 0 saturated carbocycles. The van der Waals surface area contributed by atoms with Crippen molar-refractivity contribution >= 4 is 15.9 Å². The van der Waals surface area contributed by atoms with E-state index < -0.39 is 10.2 Å². The maximum atomic E-state index is 12.1. The molecule has 2 heterocycles. The highest BCUT2D eigenvalue weighted by Gasteiger charge is 2.23. The van der Waals surface area contributed by atoms with Gasteiger partial charge in [-0.3, -0.25) is 9.40 Å². The third-order valence-corrected chi connectivity index (χ3v) is 4.33. The molecule has 1 fully saturated rings. The lowest BCUT2D eigenvalue weighted by atomic mass is 10.4. The van der Waals surface area contributed by atoms with E-state index in [4.69, 9.17) is 0 Å². The van der Waals surface area contributed by atoms with Gasteiger partial charge in [-0.25, -0.2) is 0 Å². The Morgan fingerprint density at radius 2 is 2.06 bits per heavy atom. The van der Waals surface area contributed by atoms with Crippen LogP contribution in [0.25, 0.3) is 0 Å². The molecule has 0 spiro atoms. The second kappa shape index (κ2) is 5.25. The van der Waals surface area contributed by atoms with E-state index in [1.165, 1.54) is 10.5 Å². The number of hydrogen-bond donors (Lipinski definition) is 2. The summed E-state index contributed by atoms with van der Waals surface area (Å²) in [5, 5.41) is 7.22. The van der Waals surface area contributed by atoms with Gasteiger partial charge in [0.05, 0.1) is 11.9 Å². The Hall–Kier alpha value is -1.12. The third kappa shape index (κ3) is 3.01. The Balaban J connectivity index is 2.06. The summed E-state index contributed by atoms with van der Waals surface area (Å²) in [6.45, 7) is 6.34. The summed E-state index contributed by atoms with van der Waals surface area (Å²) in [6.07, 6.45) is 3.23. The Morgan fingerprint density at radius 1 is 1.39 bits per heavy atom. The molecule has 8 heteroatoms. The first-order valence-corrected chi connectivity index (χ1v) is 7.46.